The third-order valence-electron chi connectivity index (χ3n) is 3.23. The summed E-state index contributed by atoms with van der Waals surface area (Å²) in [5.74, 6) is -1.21. The van der Waals surface area contributed by atoms with E-state index >= 15 is 0 Å². The van der Waals surface area contributed by atoms with Crippen molar-refractivity contribution in [2.45, 2.75) is 25.3 Å². The highest BCUT2D eigenvalue weighted by atomic mass is 16.4. The first kappa shape index (κ1) is 14.0. The van der Waals surface area contributed by atoms with Gasteiger partial charge in [0.25, 0.3) is 0 Å². The number of amides is 2. The molecule has 1 aliphatic heterocycles. The van der Waals surface area contributed by atoms with Gasteiger partial charge in [-0.15, -0.1) is 0 Å². The lowest BCUT2D eigenvalue weighted by Gasteiger charge is -2.10. The van der Waals surface area contributed by atoms with E-state index in [1.54, 1.807) is 12.1 Å². The lowest BCUT2D eigenvalue weighted by molar-refractivity contribution is -0.125. The van der Waals surface area contributed by atoms with Crippen LogP contribution < -0.4 is 10.6 Å². The highest BCUT2D eigenvalue weighted by Crippen LogP contribution is 2.07. The molecule has 0 saturated carbocycles. The zero-order valence-electron chi connectivity index (χ0n) is 10.9. The van der Waals surface area contributed by atoms with Crippen LogP contribution in [-0.4, -0.2) is 35.5 Å². The van der Waals surface area contributed by atoms with Crippen LogP contribution in [0.15, 0.2) is 24.3 Å². The van der Waals surface area contributed by atoms with Gasteiger partial charge in [0.05, 0.1) is 5.56 Å². The molecular weight excluding hydrogens is 260 g/mol. The van der Waals surface area contributed by atoms with Gasteiger partial charge in [0.1, 0.15) is 6.04 Å². The summed E-state index contributed by atoms with van der Waals surface area (Å²) in [6.45, 7) is 0.456. The number of hydrogen-bond acceptors (Lipinski definition) is 3. The predicted molar refractivity (Wildman–Crippen MR) is 71.3 cm³/mol. The SMILES string of the molecule is O=C1CC[C@@H](C(=O)NCCc2ccc(C(=O)O)cc2)N1. The first-order valence-corrected chi connectivity index (χ1v) is 6.45. The molecule has 2 rings (SSSR count). The van der Waals surface area contributed by atoms with E-state index in [1.165, 1.54) is 12.1 Å². The summed E-state index contributed by atoms with van der Waals surface area (Å²) in [6, 6.07) is 6.12. The second-order valence-electron chi connectivity index (χ2n) is 4.70. The molecule has 1 heterocycles. The second kappa shape index (κ2) is 6.18. The molecule has 1 atom stereocenters. The third kappa shape index (κ3) is 3.57. The molecule has 0 spiro atoms. The Morgan fingerprint density at radius 1 is 1.30 bits per heavy atom. The van der Waals surface area contributed by atoms with E-state index in [2.05, 4.69) is 10.6 Å². The van der Waals surface area contributed by atoms with Crippen LogP contribution in [0.25, 0.3) is 0 Å². The average Bonchev–Trinajstić information content (AvgIpc) is 2.86. The number of carboxylic acids is 1. The molecule has 1 saturated heterocycles. The van der Waals surface area contributed by atoms with Gasteiger partial charge in [0.15, 0.2) is 0 Å². The van der Waals surface area contributed by atoms with E-state index in [9.17, 15) is 14.4 Å². The van der Waals surface area contributed by atoms with E-state index in [0.717, 1.165) is 5.56 Å². The van der Waals surface area contributed by atoms with Gasteiger partial charge in [0, 0.05) is 13.0 Å². The number of nitrogens with one attached hydrogen (secondary N) is 2. The maximum atomic E-state index is 11.7. The Kier molecular flexibility index (Phi) is 4.34. The Labute approximate surface area is 116 Å². The molecule has 0 unspecified atom stereocenters. The van der Waals surface area contributed by atoms with E-state index in [0.29, 0.717) is 25.8 Å². The molecule has 3 N–H and O–H groups in total. The van der Waals surface area contributed by atoms with E-state index in [1.807, 2.05) is 0 Å². The topological polar surface area (TPSA) is 95.5 Å². The summed E-state index contributed by atoms with van der Waals surface area (Å²) in [5, 5.41) is 14.1. The standard InChI is InChI=1S/C14H16N2O4/c17-12-6-5-11(16-12)13(18)15-8-7-9-1-3-10(4-2-9)14(19)20/h1-4,11H,5-8H2,(H,15,18)(H,16,17)(H,19,20)/t11-/m0/s1. The molecule has 6 nitrogen and oxygen atoms in total. The first-order chi connectivity index (χ1) is 9.56. The summed E-state index contributed by atoms with van der Waals surface area (Å²) < 4.78 is 0. The summed E-state index contributed by atoms with van der Waals surface area (Å²) in [6.07, 6.45) is 1.55. The Bertz CT molecular complexity index is 524. The predicted octanol–water partition coefficient (Wildman–Crippen LogP) is 0.322. The molecular formula is C14H16N2O4. The van der Waals surface area contributed by atoms with Crippen LogP contribution in [0.4, 0.5) is 0 Å². The molecule has 20 heavy (non-hydrogen) atoms. The van der Waals surface area contributed by atoms with Gasteiger partial charge in [-0.2, -0.15) is 0 Å². The largest absolute Gasteiger partial charge is 0.478 e. The first-order valence-electron chi connectivity index (χ1n) is 6.45. The Morgan fingerprint density at radius 2 is 2.00 bits per heavy atom. The summed E-state index contributed by atoms with van der Waals surface area (Å²) >= 11 is 0. The van der Waals surface area contributed by atoms with Crippen molar-refractivity contribution in [3.63, 3.8) is 0 Å². The monoisotopic (exact) mass is 276 g/mol. The van der Waals surface area contributed by atoms with Crippen LogP contribution in [0, 0.1) is 0 Å². The Balaban J connectivity index is 1.76. The van der Waals surface area contributed by atoms with Crippen molar-refractivity contribution in [2.75, 3.05) is 6.54 Å². The number of carbonyl (C=O) groups excluding carboxylic acids is 2. The molecule has 0 radical (unpaired) electrons. The number of carbonyl (C=O) groups is 3. The minimum absolute atomic E-state index is 0.0885. The molecule has 0 bridgehead atoms. The minimum Gasteiger partial charge on any atom is -0.478 e. The zero-order chi connectivity index (χ0) is 14.5. The molecule has 0 aliphatic carbocycles. The lowest BCUT2D eigenvalue weighted by atomic mass is 10.1. The lowest BCUT2D eigenvalue weighted by Crippen LogP contribution is -2.42. The second-order valence-corrected chi connectivity index (χ2v) is 4.70. The summed E-state index contributed by atoms with van der Waals surface area (Å²) in [5.41, 5.74) is 1.19. The maximum absolute atomic E-state index is 11.7. The van der Waals surface area contributed by atoms with Gasteiger partial charge in [0.2, 0.25) is 11.8 Å². The average molecular weight is 276 g/mol. The molecule has 106 valence electrons. The van der Waals surface area contributed by atoms with Crippen molar-refractivity contribution in [3.8, 4) is 0 Å². The van der Waals surface area contributed by atoms with Gasteiger partial charge >= 0.3 is 5.97 Å². The Morgan fingerprint density at radius 3 is 2.55 bits per heavy atom. The number of hydrogen-bond donors (Lipinski definition) is 3. The van der Waals surface area contributed by atoms with E-state index < -0.39 is 12.0 Å². The summed E-state index contributed by atoms with van der Waals surface area (Å²) in [7, 11) is 0. The van der Waals surface area contributed by atoms with Crippen molar-refractivity contribution in [3.05, 3.63) is 35.4 Å². The molecule has 1 aromatic carbocycles. The van der Waals surface area contributed by atoms with Crippen molar-refractivity contribution < 1.29 is 19.5 Å². The third-order valence-corrected chi connectivity index (χ3v) is 3.23. The van der Waals surface area contributed by atoms with Gasteiger partial charge in [-0.25, -0.2) is 4.79 Å². The van der Waals surface area contributed by atoms with E-state index in [4.69, 9.17) is 5.11 Å². The van der Waals surface area contributed by atoms with Crippen LogP contribution in [0.1, 0.15) is 28.8 Å². The number of benzene rings is 1. The Hall–Kier alpha value is -2.37. The molecule has 1 fully saturated rings. The van der Waals surface area contributed by atoms with Crippen molar-refractivity contribution in [2.24, 2.45) is 0 Å². The molecule has 0 aromatic heterocycles. The fourth-order valence-electron chi connectivity index (χ4n) is 2.08. The van der Waals surface area contributed by atoms with Crippen molar-refractivity contribution >= 4 is 17.8 Å². The number of rotatable bonds is 5. The van der Waals surface area contributed by atoms with Crippen LogP contribution in [0.3, 0.4) is 0 Å². The normalized spacial score (nSPS) is 17.6. The number of carboxylic acid groups (broad SMARTS) is 1. The highest BCUT2D eigenvalue weighted by molar-refractivity contribution is 5.90. The highest BCUT2D eigenvalue weighted by Gasteiger charge is 2.26. The van der Waals surface area contributed by atoms with Gasteiger partial charge in [-0.1, -0.05) is 12.1 Å². The van der Waals surface area contributed by atoms with Gasteiger partial charge < -0.3 is 15.7 Å². The van der Waals surface area contributed by atoms with Crippen molar-refractivity contribution in [1.29, 1.82) is 0 Å². The minimum atomic E-state index is -0.957. The van der Waals surface area contributed by atoms with Crippen LogP contribution in [-0.2, 0) is 16.0 Å². The quantitative estimate of drug-likeness (QED) is 0.722. The fraction of sp³-hybridized carbons (Fsp3) is 0.357. The maximum Gasteiger partial charge on any atom is 0.335 e. The molecule has 1 aliphatic rings. The van der Waals surface area contributed by atoms with Crippen LogP contribution >= 0.6 is 0 Å². The smallest absolute Gasteiger partial charge is 0.335 e. The van der Waals surface area contributed by atoms with Gasteiger partial charge in [-0.05, 0) is 30.5 Å². The summed E-state index contributed by atoms with van der Waals surface area (Å²) in [4.78, 5) is 33.4. The number of aromatic carboxylic acids is 1. The fourth-order valence-corrected chi connectivity index (χ4v) is 2.08. The zero-order valence-corrected chi connectivity index (χ0v) is 10.9. The molecule has 6 heteroatoms. The van der Waals surface area contributed by atoms with Crippen molar-refractivity contribution in [1.82, 2.24) is 10.6 Å². The van der Waals surface area contributed by atoms with Crippen LogP contribution in [0.2, 0.25) is 0 Å². The van der Waals surface area contributed by atoms with E-state index in [-0.39, 0.29) is 17.4 Å². The molecule has 1 aromatic rings. The molecule has 2 amide bonds. The van der Waals surface area contributed by atoms with Gasteiger partial charge in [-0.3, -0.25) is 9.59 Å². The van der Waals surface area contributed by atoms with Crippen LogP contribution in [0.5, 0.6) is 0 Å².